The fraction of sp³-hybridized carbons (Fsp3) is 0. The Morgan fingerprint density at radius 2 is 1.47 bits per heavy atom. The first kappa shape index (κ1) is 10.9. The smallest absolute Gasteiger partial charge is 0.115 e. The average molecular weight is 218 g/mol. The monoisotopic (exact) mass is 218 g/mol. The lowest BCUT2D eigenvalue weighted by Gasteiger charge is -1.94. The highest BCUT2D eigenvalue weighted by molar-refractivity contribution is 5.52. The van der Waals surface area contributed by atoms with E-state index in [1.165, 1.54) is 0 Å². The molecule has 0 aliphatic carbocycles. The molecule has 0 aliphatic rings. The molecule has 0 amide bonds. The van der Waals surface area contributed by atoms with Gasteiger partial charge in [0.15, 0.2) is 0 Å². The molecule has 2 rings (SSSR count). The predicted octanol–water partition coefficient (Wildman–Crippen LogP) is 2.77. The minimum atomic E-state index is 0.236. The number of aromatic hydroxyl groups is 1. The fourth-order valence-corrected chi connectivity index (χ4v) is 1.40. The van der Waals surface area contributed by atoms with Crippen LogP contribution in [0.1, 0.15) is 16.7 Å². The second-order valence-electron chi connectivity index (χ2n) is 3.49. The number of hydrogen-bond acceptors (Lipinski definition) is 1. The summed E-state index contributed by atoms with van der Waals surface area (Å²) in [6, 6.07) is 14.3. The molecule has 0 unspecified atom stereocenters. The first-order chi connectivity index (χ1) is 8.29. The van der Waals surface area contributed by atoms with Crippen LogP contribution in [0.25, 0.3) is 0 Å². The van der Waals surface area contributed by atoms with Crippen molar-refractivity contribution < 1.29 is 5.11 Å². The molecule has 0 radical (unpaired) electrons. The molecule has 0 aliphatic heterocycles. The second kappa shape index (κ2) is 4.92. The van der Waals surface area contributed by atoms with E-state index in [9.17, 15) is 0 Å². The topological polar surface area (TPSA) is 20.2 Å². The highest BCUT2D eigenvalue weighted by atomic mass is 16.3. The molecule has 1 nitrogen and oxygen atoms in total. The summed E-state index contributed by atoms with van der Waals surface area (Å²) in [7, 11) is 0. The normalized spacial score (nSPS) is 8.88. The van der Waals surface area contributed by atoms with Gasteiger partial charge in [0.1, 0.15) is 5.75 Å². The molecule has 1 heteroatoms. The van der Waals surface area contributed by atoms with E-state index < -0.39 is 0 Å². The maximum Gasteiger partial charge on any atom is 0.115 e. The van der Waals surface area contributed by atoms with Crippen LogP contribution in [0.4, 0.5) is 0 Å². The fourth-order valence-electron chi connectivity index (χ4n) is 1.40. The molecule has 17 heavy (non-hydrogen) atoms. The summed E-state index contributed by atoms with van der Waals surface area (Å²) in [5.74, 6) is 8.87. The first-order valence-electron chi connectivity index (χ1n) is 5.16. The van der Waals surface area contributed by atoms with Gasteiger partial charge in [0.2, 0.25) is 0 Å². The Labute approximate surface area is 101 Å². The van der Waals surface area contributed by atoms with Crippen molar-refractivity contribution in [3.63, 3.8) is 0 Å². The molecular formula is C16H10O. The third-order valence-electron chi connectivity index (χ3n) is 2.29. The molecule has 2 aromatic carbocycles. The van der Waals surface area contributed by atoms with Crippen molar-refractivity contribution in [2.24, 2.45) is 0 Å². The summed E-state index contributed by atoms with van der Waals surface area (Å²) >= 11 is 0. The number of benzene rings is 2. The van der Waals surface area contributed by atoms with Crippen molar-refractivity contribution in [2.75, 3.05) is 0 Å². The van der Waals surface area contributed by atoms with Crippen LogP contribution in [-0.4, -0.2) is 5.11 Å². The van der Waals surface area contributed by atoms with Crippen LogP contribution in [-0.2, 0) is 0 Å². The van der Waals surface area contributed by atoms with Gasteiger partial charge in [0.25, 0.3) is 0 Å². The Bertz CT molecular complexity index is 619. The molecule has 2 aromatic rings. The molecule has 0 aromatic heterocycles. The van der Waals surface area contributed by atoms with Gasteiger partial charge < -0.3 is 5.11 Å². The molecule has 80 valence electrons. The highest BCUT2D eigenvalue weighted by Crippen LogP contribution is 2.09. The zero-order valence-electron chi connectivity index (χ0n) is 9.14. The van der Waals surface area contributed by atoms with Gasteiger partial charge >= 0.3 is 0 Å². The van der Waals surface area contributed by atoms with E-state index in [0.29, 0.717) is 0 Å². The first-order valence-corrected chi connectivity index (χ1v) is 5.16. The number of rotatable bonds is 0. The van der Waals surface area contributed by atoms with Crippen LogP contribution >= 0.6 is 0 Å². The number of phenols is 1. The summed E-state index contributed by atoms with van der Waals surface area (Å²) in [5.41, 5.74) is 2.47. The number of phenolic OH excluding ortho intramolecular Hbond substituents is 1. The third-order valence-corrected chi connectivity index (χ3v) is 2.29. The summed E-state index contributed by atoms with van der Waals surface area (Å²) in [6.45, 7) is 0. The molecule has 0 saturated carbocycles. The largest absolute Gasteiger partial charge is 0.508 e. The van der Waals surface area contributed by atoms with Crippen LogP contribution in [0.3, 0.4) is 0 Å². The van der Waals surface area contributed by atoms with Gasteiger partial charge in [0.05, 0.1) is 0 Å². The minimum Gasteiger partial charge on any atom is -0.508 e. The van der Waals surface area contributed by atoms with Crippen molar-refractivity contribution in [3.05, 3.63) is 65.2 Å². The average Bonchev–Trinajstić information content (AvgIpc) is 2.38. The summed E-state index contributed by atoms with van der Waals surface area (Å²) in [4.78, 5) is 0. The molecule has 0 saturated heterocycles. The lowest BCUT2D eigenvalue weighted by Crippen LogP contribution is -1.82. The van der Waals surface area contributed by atoms with Crippen molar-refractivity contribution in [1.82, 2.24) is 0 Å². The summed E-state index contributed by atoms with van der Waals surface area (Å²) in [5, 5.41) is 9.15. The van der Waals surface area contributed by atoms with E-state index in [1.807, 2.05) is 24.3 Å². The Morgan fingerprint density at radius 1 is 0.824 bits per heavy atom. The quantitative estimate of drug-likeness (QED) is 0.674. The van der Waals surface area contributed by atoms with Gasteiger partial charge in [-0.1, -0.05) is 29.9 Å². The lowest BCUT2D eigenvalue weighted by atomic mass is 10.1. The standard InChI is InChI=1S/C16H10O/c1-2-14-5-3-4-6-15(14)10-7-13-8-11-16(17)12-9-13/h1,3-6,8-9,11-12,17H. The molecular weight excluding hydrogens is 208 g/mol. The van der Waals surface area contributed by atoms with Crippen molar-refractivity contribution >= 4 is 0 Å². The van der Waals surface area contributed by atoms with Crippen LogP contribution in [0.5, 0.6) is 5.75 Å². The van der Waals surface area contributed by atoms with Gasteiger partial charge in [-0.05, 0) is 36.4 Å². The van der Waals surface area contributed by atoms with Crippen LogP contribution in [0.2, 0.25) is 0 Å². The van der Waals surface area contributed by atoms with Crippen molar-refractivity contribution in [2.45, 2.75) is 0 Å². The van der Waals surface area contributed by atoms with Crippen LogP contribution in [0, 0.1) is 24.2 Å². The highest BCUT2D eigenvalue weighted by Gasteiger charge is 1.93. The van der Waals surface area contributed by atoms with Gasteiger partial charge in [0, 0.05) is 16.7 Å². The lowest BCUT2D eigenvalue weighted by molar-refractivity contribution is 0.475. The van der Waals surface area contributed by atoms with E-state index in [2.05, 4.69) is 17.8 Å². The van der Waals surface area contributed by atoms with E-state index in [-0.39, 0.29) is 5.75 Å². The maximum absolute atomic E-state index is 9.15. The summed E-state index contributed by atoms with van der Waals surface area (Å²) in [6.07, 6.45) is 5.39. The molecule has 0 bridgehead atoms. The zero-order chi connectivity index (χ0) is 12.1. The Balaban J connectivity index is 2.33. The van der Waals surface area contributed by atoms with E-state index in [4.69, 9.17) is 11.5 Å². The zero-order valence-corrected chi connectivity index (χ0v) is 9.14. The van der Waals surface area contributed by atoms with E-state index in [1.54, 1.807) is 24.3 Å². The number of terminal acetylenes is 1. The number of hydrogen-bond donors (Lipinski definition) is 1. The molecule has 0 fully saturated rings. The molecule has 0 spiro atoms. The SMILES string of the molecule is C#Cc1ccccc1C#Cc1ccc(O)cc1. The molecule has 1 N–H and O–H groups in total. The van der Waals surface area contributed by atoms with Crippen molar-refractivity contribution in [3.8, 4) is 29.9 Å². The Hall–Kier alpha value is -2.64. The minimum absolute atomic E-state index is 0.236. The van der Waals surface area contributed by atoms with E-state index >= 15 is 0 Å². The van der Waals surface area contributed by atoms with Crippen molar-refractivity contribution in [1.29, 1.82) is 0 Å². The second-order valence-corrected chi connectivity index (χ2v) is 3.49. The van der Waals surface area contributed by atoms with Gasteiger partial charge in [-0.2, -0.15) is 0 Å². The predicted molar refractivity (Wildman–Crippen MR) is 68.5 cm³/mol. The van der Waals surface area contributed by atoms with Gasteiger partial charge in [-0.15, -0.1) is 6.42 Å². The van der Waals surface area contributed by atoms with Gasteiger partial charge in [-0.3, -0.25) is 0 Å². The molecule has 0 heterocycles. The van der Waals surface area contributed by atoms with Crippen LogP contribution in [0.15, 0.2) is 48.5 Å². The third kappa shape index (κ3) is 2.68. The summed E-state index contributed by atoms with van der Waals surface area (Å²) < 4.78 is 0. The van der Waals surface area contributed by atoms with E-state index in [0.717, 1.165) is 16.7 Å². The Morgan fingerprint density at radius 3 is 2.12 bits per heavy atom. The van der Waals surface area contributed by atoms with Crippen LogP contribution < -0.4 is 0 Å². The maximum atomic E-state index is 9.15. The molecule has 0 atom stereocenters. The Kier molecular flexibility index (Phi) is 3.15. The van der Waals surface area contributed by atoms with Gasteiger partial charge in [-0.25, -0.2) is 0 Å².